The van der Waals surface area contributed by atoms with E-state index < -0.39 is 0 Å². The molecule has 0 nitrogen and oxygen atoms in total. The number of halogens is 1. The van der Waals surface area contributed by atoms with E-state index in [4.69, 9.17) is 0 Å². The molecule has 1 aromatic carbocycles. The summed E-state index contributed by atoms with van der Waals surface area (Å²) in [4.78, 5) is 0. The minimum atomic E-state index is 0. The summed E-state index contributed by atoms with van der Waals surface area (Å²) in [5.41, 5.74) is 1.24. The average molecular weight is 230 g/mol. The third-order valence-corrected chi connectivity index (χ3v) is 1.38. The Labute approximate surface area is 73.8 Å². The van der Waals surface area contributed by atoms with Gasteiger partial charge in [-0.3, -0.25) is 0 Å². The van der Waals surface area contributed by atoms with Gasteiger partial charge in [-0.2, -0.15) is 0 Å². The minimum absolute atomic E-state index is 0. The zero-order valence-electron chi connectivity index (χ0n) is 4.79. The SMILES string of the molecule is [Br-].[Ni+][CH2]c1ccccc1. The van der Waals surface area contributed by atoms with E-state index in [1.54, 1.807) is 0 Å². The molecule has 0 N–H and O–H groups in total. The van der Waals surface area contributed by atoms with Crippen molar-refractivity contribution in [3.05, 3.63) is 35.9 Å². The molecule has 0 aliphatic carbocycles. The fourth-order valence-corrected chi connectivity index (χ4v) is 0.785. The molecular weight excluding hydrogens is 223 g/mol. The van der Waals surface area contributed by atoms with Gasteiger partial charge in [-0.05, 0) is 0 Å². The number of rotatable bonds is 1. The summed E-state index contributed by atoms with van der Waals surface area (Å²) >= 11 is 4.55. The van der Waals surface area contributed by atoms with Crippen molar-refractivity contribution in [1.29, 1.82) is 0 Å². The Balaban J connectivity index is 0.000000640. The van der Waals surface area contributed by atoms with Crippen LogP contribution in [0.5, 0.6) is 0 Å². The number of benzene rings is 1. The molecule has 0 amide bonds. The molecule has 2 heteroatoms. The van der Waals surface area contributed by atoms with Crippen LogP contribution in [0.1, 0.15) is 5.56 Å². The summed E-state index contributed by atoms with van der Waals surface area (Å²) < 4.78 is 0. The van der Waals surface area contributed by atoms with Crippen molar-refractivity contribution >= 4 is 0 Å². The molecule has 0 fully saturated rings. The fourth-order valence-electron chi connectivity index (χ4n) is 0.553. The van der Waals surface area contributed by atoms with Crippen molar-refractivity contribution in [2.24, 2.45) is 0 Å². The van der Waals surface area contributed by atoms with Gasteiger partial charge in [0.1, 0.15) is 0 Å². The first-order valence-corrected chi connectivity index (χ1v) is 3.19. The molecule has 0 spiro atoms. The third-order valence-electron chi connectivity index (χ3n) is 0.972. The Morgan fingerprint density at radius 3 is 2.00 bits per heavy atom. The van der Waals surface area contributed by atoms with Crippen LogP contribution in [0.4, 0.5) is 0 Å². The fraction of sp³-hybridized carbons (Fsp3) is 0.143. The first kappa shape index (κ1) is 9.19. The zero-order valence-corrected chi connectivity index (χ0v) is 7.36. The van der Waals surface area contributed by atoms with Crippen LogP contribution in [0.15, 0.2) is 30.3 Å². The quantitative estimate of drug-likeness (QED) is 0.528. The third kappa shape index (κ3) is 3.02. The molecule has 9 heavy (non-hydrogen) atoms. The summed E-state index contributed by atoms with van der Waals surface area (Å²) in [5.74, 6) is 0. The van der Waals surface area contributed by atoms with E-state index in [9.17, 15) is 0 Å². The molecule has 0 aliphatic heterocycles. The van der Waals surface area contributed by atoms with Crippen LogP contribution in [0.3, 0.4) is 0 Å². The van der Waals surface area contributed by atoms with Gasteiger partial charge in [0.15, 0.2) is 0 Å². The second-order valence-corrected chi connectivity index (χ2v) is 1.95. The Morgan fingerprint density at radius 2 is 1.67 bits per heavy atom. The maximum atomic E-state index is 4.55. The molecule has 52 valence electrons. The Bertz CT molecular complexity index is 150. The average Bonchev–Trinajstić information content (AvgIpc) is 1.90. The second-order valence-electron chi connectivity index (χ2n) is 1.60. The molecule has 0 aromatic heterocycles. The van der Waals surface area contributed by atoms with Crippen LogP contribution >= 0.6 is 0 Å². The van der Waals surface area contributed by atoms with Crippen LogP contribution < -0.4 is 17.0 Å². The van der Waals surface area contributed by atoms with Crippen LogP contribution in [0.25, 0.3) is 0 Å². The van der Waals surface area contributed by atoms with Gasteiger partial charge < -0.3 is 17.0 Å². The van der Waals surface area contributed by atoms with E-state index in [1.165, 1.54) is 5.56 Å². The Morgan fingerprint density at radius 1 is 1.11 bits per heavy atom. The molecule has 0 heterocycles. The monoisotopic (exact) mass is 228 g/mol. The molecular formula is C7H7BrNi. The second kappa shape index (κ2) is 5.02. The van der Waals surface area contributed by atoms with Crippen LogP contribution in [0, 0.1) is 0 Å². The van der Waals surface area contributed by atoms with Crippen molar-refractivity contribution in [2.45, 2.75) is 5.39 Å². The van der Waals surface area contributed by atoms with Gasteiger partial charge in [-0.1, -0.05) is 0 Å². The van der Waals surface area contributed by atoms with Crippen molar-refractivity contribution < 1.29 is 32.4 Å². The van der Waals surface area contributed by atoms with E-state index in [-0.39, 0.29) is 17.0 Å². The van der Waals surface area contributed by atoms with Gasteiger partial charge in [0.05, 0.1) is 0 Å². The van der Waals surface area contributed by atoms with Crippen molar-refractivity contribution in [1.82, 2.24) is 0 Å². The van der Waals surface area contributed by atoms with Crippen LogP contribution in [0.2, 0.25) is 0 Å². The van der Waals surface area contributed by atoms with Gasteiger partial charge in [0, 0.05) is 0 Å². The van der Waals surface area contributed by atoms with E-state index in [0.717, 1.165) is 5.39 Å². The van der Waals surface area contributed by atoms with Crippen molar-refractivity contribution in [3.8, 4) is 0 Å². The molecule has 0 radical (unpaired) electrons. The molecule has 0 saturated carbocycles. The summed E-state index contributed by atoms with van der Waals surface area (Å²) in [6.45, 7) is 0. The Kier molecular flexibility index (Phi) is 5.12. The van der Waals surface area contributed by atoms with E-state index >= 15 is 0 Å². The molecule has 0 saturated heterocycles. The molecule has 1 aromatic rings. The summed E-state index contributed by atoms with van der Waals surface area (Å²) in [6, 6.07) is 10.1. The molecule has 1 rings (SSSR count). The van der Waals surface area contributed by atoms with Gasteiger partial charge in [0.25, 0.3) is 0 Å². The van der Waals surface area contributed by atoms with E-state index in [0.29, 0.717) is 0 Å². The molecule has 0 aliphatic rings. The molecule has 0 atom stereocenters. The standard InChI is InChI=1S/C7H7.BrH.Ni/c1-7-5-3-2-4-6-7;;/h2-6H,1H2;1H;/q;;+1/p-1. The van der Waals surface area contributed by atoms with Crippen LogP contribution in [-0.4, -0.2) is 0 Å². The summed E-state index contributed by atoms with van der Waals surface area (Å²) in [7, 11) is 0. The normalized spacial score (nSPS) is 8.22. The number of hydrogen-bond donors (Lipinski definition) is 0. The summed E-state index contributed by atoms with van der Waals surface area (Å²) in [6.07, 6.45) is 0. The zero-order chi connectivity index (χ0) is 5.82. The first-order chi connectivity index (χ1) is 3.93. The Hall–Kier alpha value is 0.194. The topological polar surface area (TPSA) is 0 Å². The molecule has 0 bridgehead atoms. The predicted octanol–water partition coefficient (Wildman–Crippen LogP) is -1.26. The van der Waals surface area contributed by atoms with E-state index in [2.05, 4.69) is 15.5 Å². The van der Waals surface area contributed by atoms with Gasteiger partial charge in [0.2, 0.25) is 0 Å². The van der Waals surface area contributed by atoms with Crippen molar-refractivity contribution in [3.63, 3.8) is 0 Å². The van der Waals surface area contributed by atoms with Crippen LogP contribution in [-0.2, 0) is 20.9 Å². The van der Waals surface area contributed by atoms with E-state index in [1.807, 2.05) is 30.3 Å². The molecule has 0 unspecified atom stereocenters. The predicted molar refractivity (Wildman–Crippen MR) is 30.1 cm³/mol. The van der Waals surface area contributed by atoms with Gasteiger partial charge >= 0.3 is 56.8 Å². The van der Waals surface area contributed by atoms with Gasteiger partial charge in [-0.15, -0.1) is 0 Å². The maximum absolute atomic E-state index is 4.55. The number of hydrogen-bond acceptors (Lipinski definition) is 0. The van der Waals surface area contributed by atoms with Crippen molar-refractivity contribution in [2.75, 3.05) is 0 Å². The first-order valence-electron chi connectivity index (χ1n) is 2.49. The van der Waals surface area contributed by atoms with Gasteiger partial charge in [-0.25, -0.2) is 0 Å². The summed E-state index contributed by atoms with van der Waals surface area (Å²) in [5, 5.41) is 0.765.